The fourth-order valence-electron chi connectivity index (χ4n) is 1.76. The second-order valence-corrected chi connectivity index (χ2v) is 4.68. The monoisotopic (exact) mass is 268 g/mol. The van der Waals surface area contributed by atoms with Crippen LogP contribution in [0.4, 0.5) is 8.78 Å². The van der Waals surface area contributed by atoms with E-state index in [0.717, 1.165) is 24.7 Å². The van der Waals surface area contributed by atoms with E-state index in [-0.39, 0.29) is 6.04 Å². The fourth-order valence-corrected chi connectivity index (χ4v) is 2.34. The molecule has 1 N–H and O–H groups in total. The van der Waals surface area contributed by atoms with Crippen LogP contribution in [-0.2, 0) is 0 Å². The topological polar surface area (TPSA) is 24.9 Å². The molecular formula is C13H14F2N2S. The van der Waals surface area contributed by atoms with E-state index in [4.69, 9.17) is 0 Å². The van der Waals surface area contributed by atoms with Crippen molar-refractivity contribution in [1.29, 1.82) is 0 Å². The van der Waals surface area contributed by atoms with Crippen molar-refractivity contribution in [3.05, 3.63) is 52.0 Å². The number of hydrogen-bond acceptors (Lipinski definition) is 3. The number of nitrogens with one attached hydrogen (secondary N) is 1. The molecule has 18 heavy (non-hydrogen) atoms. The molecule has 0 aliphatic carbocycles. The molecule has 5 heteroatoms. The Morgan fingerprint density at radius 2 is 2.22 bits per heavy atom. The SMILES string of the molecule is CCCNC(c1cscn1)c1ccc(F)cc1F. The van der Waals surface area contributed by atoms with E-state index >= 15 is 0 Å². The van der Waals surface area contributed by atoms with Crippen LogP contribution in [0, 0.1) is 11.6 Å². The van der Waals surface area contributed by atoms with Crippen LogP contribution in [0.3, 0.4) is 0 Å². The number of hydrogen-bond donors (Lipinski definition) is 1. The Labute approximate surface area is 109 Å². The molecule has 1 heterocycles. The normalized spacial score (nSPS) is 12.6. The third-order valence-electron chi connectivity index (χ3n) is 2.62. The summed E-state index contributed by atoms with van der Waals surface area (Å²) in [5.41, 5.74) is 2.90. The van der Waals surface area contributed by atoms with Crippen molar-refractivity contribution in [2.75, 3.05) is 6.54 Å². The summed E-state index contributed by atoms with van der Waals surface area (Å²) in [5.74, 6) is -1.11. The molecule has 2 rings (SSSR count). The van der Waals surface area contributed by atoms with Gasteiger partial charge in [0.05, 0.1) is 17.2 Å². The molecule has 0 saturated carbocycles. The quantitative estimate of drug-likeness (QED) is 0.897. The van der Waals surface area contributed by atoms with Crippen LogP contribution in [0.15, 0.2) is 29.1 Å². The second-order valence-electron chi connectivity index (χ2n) is 3.97. The van der Waals surface area contributed by atoms with Crippen molar-refractivity contribution in [3.63, 3.8) is 0 Å². The predicted molar refractivity (Wildman–Crippen MR) is 68.6 cm³/mol. The van der Waals surface area contributed by atoms with Gasteiger partial charge in [0.2, 0.25) is 0 Å². The lowest BCUT2D eigenvalue weighted by Crippen LogP contribution is -2.24. The van der Waals surface area contributed by atoms with Gasteiger partial charge in [-0.15, -0.1) is 11.3 Å². The predicted octanol–water partition coefficient (Wildman–Crippen LogP) is 3.51. The van der Waals surface area contributed by atoms with E-state index in [2.05, 4.69) is 10.3 Å². The number of nitrogens with zero attached hydrogens (tertiary/aromatic N) is 1. The van der Waals surface area contributed by atoms with Gasteiger partial charge in [0, 0.05) is 17.0 Å². The average molecular weight is 268 g/mol. The summed E-state index contributed by atoms with van der Waals surface area (Å²) in [4.78, 5) is 4.21. The van der Waals surface area contributed by atoms with E-state index in [1.807, 2.05) is 12.3 Å². The van der Waals surface area contributed by atoms with Gasteiger partial charge < -0.3 is 5.32 Å². The van der Waals surface area contributed by atoms with Gasteiger partial charge in [-0.3, -0.25) is 0 Å². The van der Waals surface area contributed by atoms with Crippen LogP contribution >= 0.6 is 11.3 Å². The van der Waals surface area contributed by atoms with Gasteiger partial charge in [0.25, 0.3) is 0 Å². The van der Waals surface area contributed by atoms with Crippen molar-refractivity contribution < 1.29 is 8.78 Å². The smallest absolute Gasteiger partial charge is 0.131 e. The Hall–Kier alpha value is -1.33. The molecule has 1 aromatic heterocycles. The zero-order valence-electron chi connectivity index (χ0n) is 9.99. The maximum Gasteiger partial charge on any atom is 0.131 e. The molecule has 0 bridgehead atoms. The van der Waals surface area contributed by atoms with Crippen LogP contribution in [0.5, 0.6) is 0 Å². The molecule has 1 unspecified atom stereocenters. The second kappa shape index (κ2) is 6.02. The molecule has 0 spiro atoms. The van der Waals surface area contributed by atoms with Crippen LogP contribution in [-0.4, -0.2) is 11.5 Å². The zero-order chi connectivity index (χ0) is 13.0. The first-order chi connectivity index (χ1) is 8.72. The standard InChI is InChI=1S/C13H14F2N2S/c1-2-5-16-13(12-7-18-8-17-12)10-4-3-9(14)6-11(10)15/h3-4,6-8,13,16H,2,5H2,1H3. The van der Waals surface area contributed by atoms with Gasteiger partial charge in [-0.25, -0.2) is 13.8 Å². The summed E-state index contributed by atoms with van der Waals surface area (Å²) in [6, 6.07) is 3.32. The molecule has 1 atom stereocenters. The first-order valence-corrected chi connectivity index (χ1v) is 6.73. The summed E-state index contributed by atoms with van der Waals surface area (Å²) in [7, 11) is 0. The van der Waals surface area contributed by atoms with Crippen molar-refractivity contribution >= 4 is 11.3 Å². The highest BCUT2D eigenvalue weighted by molar-refractivity contribution is 7.07. The molecule has 2 nitrogen and oxygen atoms in total. The molecule has 0 aliphatic heterocycles. The third kappa shape index (κ3) is 2.91. The lowest BCUT2D eigenvalue weighted by molar-refractivity contribution is 0.528. The number of benzene rings is 1. The molecule has 96 valence electrons. The molecular weight excluding hydrogens is 254 g/mol. The Bertz CT molecular complexity index is 500. The highest BCUT2D eigenvalue weighted by atomic mass is 32.1. The summed E-state index contributed by atoms with van der Waals surface area (Å²) in [6.45, 7) is 2.78. The van der Waals surface area contributed by atoms with E-state index in [9.17, 15) is 8.78 Å². The molecule has 0 amide bonds. The minimum Gasteiger partial charge on any atom is -0.305 e. The van der Waals surface area contributed by atoms with Gasteiger partial charge in [0.15, 0.2) is 0 Å². The maximum atomic E-state index is 13.8. The Morgan fingerprint density at radius 3 is 2.83 bits per heavy atom. The summed E-state index contributed by atoms with van der Waals surface area (Å²) < 4.78 is 26.7. The Balaban J connectivity index is 2.33. The summed E-state index contributed by atoms with van der Waals surface area (Å²) in [6.07, 6.45) is 0.934. The van der Waals surface area contributed by atoms with Gasteiger partial charge in [-0.2, -0.15) is 0 Å². The Kier molecular flexibility index (Phi) is 4.38. The van der Waals surface area contributed by atoms with Gasteiger partial charge >= 0.3 is 0 Å². The Morgan fingerprint density at radius 1 is 1.39 bits per heavy atom. The lowest BCUT2D eigenvalue weighted by atomic mass is 10.0. The largest absolute Gasteiger partial charge is 0.305 e. The van der Waals surface area contributed by atoms with Crippen LogP contribution in [0.1, 0.15) is 30.6 Å². The fraction of sp³-hybridized carbons (Fsp3) is 0.308. The molecule has 0 fully saturated rings. The van der Waals surface area contributed by atoms with Gasteiger partial charge in [-0.05, 0) is 19.0 Å². The van der Waals surface area contributed by atoms with E-state index in [1.54, 1.807) is 5.51 Å². The van der Waals surface area contributed by atoms with Crippen molar-refractivity contribution in [3.8, 4) is 0 Å². The van der Waals surface area contributed by atoms with Crippen molar-refractivity contribution in [2.24, 2.45) is 0 Å². The zero-order valence-corrected chi connectivity index (χ0v) is 10.8. The number of thiazole rings is 1. The van der Waals surface area contributed by atoms with Gasteiger partial charge in [-0.1, -0.05) is 13.0 Å². The first-order valence-electron chi connectivity index (χ1n) is 5.78. The van der Waals surface area contributed by atoms with Gasteiger partial charge in [0.1, 0.15) is 11.6 Å². The third-order valence-corrected chi connectivity index (χ3v) is 3.22. The molecule has 1 aromatic carbocycles. The van der Waals surface area contributed by atoms with E-state index < -0.39 is 11.6 Å². The average Bonchev–Trinajstić information content (AvgIpc) is 2.85. The minimum absolute atomic E-state index is 0.322. The molecule has 2 aromatic rings. The van der Waals surface area contributed by atoms with Crippen molar-refractivity contribution in [1.82, 2.24) is 10.3 Å². The van der Waals surface area contributed by atoms with Crippen LogP contribution in [0.25, 0.3) is 0 Å². The highest BCUT2D eigenvalue weighted by Gasteiger charge is 2.19. The van der Waals surface area contributed by atoms with Crippen LogP contribution in [0.2, 0.25) is 0 Å². The molecule has 0 aliphatic rings. The highest BCUT2D eigenvalue weighted by Crippen LogP contribution is 2.24. The van der Waals surface area contributed by atoms with Crippen LogP contribution < -0.4 is 5.32 Å². The number of halogens is 2. The molecule has 0 radical (unpaired) electrons. The summed E-state index contributed by atoms with van der Waals surface area (Å²) >= 11 is 1.46. The van der Waals surface area contributed by atoms with E-state index in [1.165, 1.54) is 23.5 Å². The summed E-state index contributed by atoms with van der Waals surface area (Å²) in [5, 5.41) is 5.10. The van der Waals surface area contributed by atoms with Crippen molar-refractivity contribution in [2.45, 2.75) is 19.4 Å². The number of rotatable bonds is 5. The molecule has 0 saturated heterocycles. The van der Waals surface area contributed by atoms with E-state index in [0.29, 0.717) is 5.56 Å². The minimum atomic E-state index is -0.566. The maximum absolute atomic E-state index is 13.8. The number of aromatic nitrogens is 1. The first kappa shape index (κ1) is 13.1. The lowest BCUT2D eigenvalue weighted by Gasteiger charge is -2.17.